The van der Waals surface area contributed by atoms with Gasteiger partial charge in [-0.3, -0.25) is 4.79 Å². The number of H-pyrrole nitrogens is 1. The van der Waals surface area contributed by atoms with Gasteiger partial charge in [0.1, 0.15) is 0 Å². The van der Waals surface area contributed by atoms with E-state index in [1.165, 1.54) is 0 Å². The number of aromatic nitrogens is 2. The highest BCUT2D eigenvalue weighted by Crippen LogP contribution is 2.24. The summed E-state index contributed by atoms with van der Waals surface area (Å²) in [5, 5.41) is 3.12. The lowest BCUT2D eigenvalue weighted by atomic mass is 9.95. The van der Waals surface area contributed by atoms with Gasteiger partial charge in [0.25, 0.3) is 0 Å². The Kier molecular flexibility index (Phi) is 3.91. The lowest BCUT2D eigenvalue weighted by Crippen LogP contribution is -2.44. The molecule has 1 atom stereocenters. The van der Waals surface area contributed by atoms with Gasteiger partial charge >= 0.3 is 0 Å². The molecule has 1 unspecified atom stereocenters. The quantitative estimate of drug-likeness (QED) is 0.904. The molecule has 2 N–H and O–H groups in total. The van der Waals surface area contributed by atoms with Crippen molar-refractivity contribution in [2.24, 2.45) is 5.92 Å². The first-order valence-corrected chi connectivity index (χ1v) is 8.37. The second kappa shape index (κ2) is 6.20. The molecule has 2 saturated heterocycles. The van der Waals surface area contributed by atoms with Gasteiger partial charge in [0.2, 0.25) is 11.9 Å². The Morgan fingerprint density at radius 1 is 1.26 bits per heavy atom. The first-order chi connectivity index (χ1) is 11.3. The summed E-state index contributed by atoms with van der Waals surface area (Å²) in [5.74, 6) is 1.20. The number of carbonyl (C=O) groups is 1. The predicted octanol–water partition coefficient (Wildman–Crippen LogP) is 1.68. The number of nitrogens with zero attached hydrogens (tertiary/aromatic N) is 2. The van der Waals surface area contributed by atoms with Gasteiger partial charge in [-0.15, -0.1) is 0 Å². The molecular formula is C17H22N4O2. The largest absolute Gasteiger partial charge is 0.379 e. The molecule has 0 radical (unpaired) electrons. The fourth-order valence-electron chi connectivity index (χ4n) is 3.41. The Bertz CT molecular complexity index is 652. The third-order valence-electron chi connectivity index (χ3n) is 4.82. The minimum atomic E-state index is 0.108. The fraction of sp³-hybridized carbons (Fsp3) is 0.529. The number of ether oxygens (including phenoxy) is 1. The number of para-hydroxylation sites is 2. The molecule has 0 bridgehead atoms. The van der Waals surface area contributed by atoms with E-state index in [0.717, 1.165) is 55.9 Å². The van der Waals surface area contributed by atoms with Crippen LogP contribution in [-0.4, -0.2) is 48.2 Å². The number of carbonyl (C=O) groups excluding carboxylic acids is 1. The first-order valence-electron chi connectivity index (χ1n) is 8.37. The smallest absolute Gasteiger partial charge is 0.223 e. The predicted molar refractivity (Wildman–Crippen MR) is 88.4 cm³/mol. The summed E-state index contributed by atoms with van der Waals surface area (Å²) in [4.78, 5) is 22.6. The zero-order valence-corrected chi connectivity index (χ0v) is 13.1. The van der Waals surface area contributed by atoms with Crippen LogP contribution in [0.15, 0.2) is 24.3 Å². The van der Waals surface area contributed by atoms with Crippen LogP contribution >= 0.6 is 0 Å². The molecule has 1 aromatic heterocycles. The Labute approximate surface area is 135 Å². The molecule has 3 heterocycles. The number of hydrogen-bond donors (Lipinski definition) is 2. The van der Waals surface area contributed by atoms with E-state index in [1.54, 1.807) is 0 Å². The van der Waals surface area contributed by atoms with Gasteiger partial charge in [-0.1, -0.05) is 12.1 Å². The fourth-order valence-corrected chi connectivity index (χ4v) is 3.41. The van der Waals surface area contributed by atoms with E-state index in [0.29, 0.717) is 6.61 Å². The molecule has 0 spiro atoms. The number of aromatic amines is 1. The lowest BCUT2D eigenvalue weighted by Gasteiger charge is -2.31. The van der Waals surface area contributed by atoms with Gasteiger partial charge in [0.05, 0.1) is 23.7 Å². The van der Waals surface area contributed by atoms with Crippen LogP contribution < -0.4 is 10.2 Å². The molecule has 1 aromatic carbocycles. The summed E-state index contributed by atoms with van der Waals surface area (Å²) in [6, 6.07) is 8.26. The second-order valence-electron chi connectivity index (χ2n) is 6.41. The van der Waals surface area contributed by atoms with Crippen molar-refractivity contribution in [1.29, 1.82) is 0 Å². The van der Waals surface area contributed by atoms with Crippen LogP contribution in [-0.2, 0) is 9.53 Å². The van der Waals surface area contributed by atoms with Gasteiger partial charge in [-0.2, -0.15) is 0 Å². The summed E-state index contributed by atoms with van der Waals surface area (Å²) < 4.78 is 5.31. The molecule has 2 aliphatic heterocycles. The molecule has 2 fully saturated rings. The molecule has 0 aliphatic carbocycles. The maximum Gasteiger partial charge on any atom is 0.223 e. The van der Waals surface area contributed by atoms with Gasteiger partial charge in [-0.25, -0.2) is 4.98 Å². The topological polar surface area (TPSA) is 70.2 Å². The maximum absolute atomic E-state index is 12.3. The van der Waals surface area contributed by atoms with Crippen molar-refractivity contribution in [2.75, 3.05) is 31.2 Å². The SMILES string of the molecule is O=C(NC1CCOC1)C1CCN(c2nc3ccccc3[nH]2)CC1. The number of rotatable bonds is 3. The number of amides is 1. The first kappa shape index (κ1) is 14.5. The van der Waals surface area contributed by atoms with E-state index >= 15 is 0 Å². The zero-order valence-electron chi connectivity index (χ0n) is 13.1. The molecule has 2 aromatic rings. The Balaban J connectivity index is 1.35. The molecule has 0 saturated carbocycles. The van der Waals surface area contributed by atoms with E-state index in [-0.39, 0.29) is 17.9 Å². The molecule has 122 valence electrons. The van der Waals surface area contributed by atoms with Crippen LogP contribution in [0.25, 0.3) is 11.0 Å². The van der Waals surface area contributed by atoms with Crippen LogP contribution in [0.4, 0.5) is 5.95 Å². The van der Waals surface area contributed by atoms with E-state index in [1.807, 2.05) is 24.3 Å². The maximum atomic E-state index is 12.3. The van der Waals surface area contributed by atoms with Crippen molar-refractivity contribution in [1.82, 2.24) is 15.3 Å². The Morgan fingerprint density at radius 2 is 2.09 bits per heavy atom. The normalized spacial score (nSPS) is 22.6. The van der Waals surface area contributed by atoms with Gasteiger partial charge in [-0.05, 0) is 31.4 Å². The molecule has 4 rings (SSSR count). The van der Waals surface area contributed by atoms with Gasteiger partial charge < -0.3 is 19.9 Å². The van der Waals surface area contributed by atoms with Crippen molar-refractivity contribution in [2.45, 2.75) is 25.3 Å². The average molecular weight is 314 g/mol. The van der Waals surface area contributed by atoms with E-state index in [9.17, 15) is 4.79 Å². The molecule has 6 heteroatoms. The van der Waals surface area contributed by atoms with E-state index in [2.05, 4.69) is 20.2 Å². The molecular weight excluding hydrogens is 292 g/mol. The second-order valence-corrected chi connectivity index (χ2v) is 6.41. The summed E-state index contributed by atoms with van der Waals surface area (Å²) in [5.41, 5.74) is 2.05. The van der Waals surface area contributed by atoms with Crippen molar-refractivity contribution in [3.63, 3.8) is 0 Å². The van der Waals surface area contributed by atoms with Crippen LogP contribution in [0.1, 0.15) is 19.3 Å². The number of nitrogens with one attached hydrogen (secondary N) is 2. The van der Waals surface area contributed by atoms with Crippen molar-refractivity contribution < 1.29 is 9.53 Å². The van der Waals surface area contributed by atoms with Crippen molar-refractivity contribution in [3.05, 3.63) is 24.3 Å². The van der Waals surface area contributed by atoms with Crippen LogP contribution in [0.3, 0.4) is 0 Å². The number of piperidine rings is 1. The summed E-state index contributed by atoms with van der Waals surface area (Å²) in [7, 11) is 0. The Morgan fingerprint density at radius 3 is 2.83 bits per heavy atom. The minimum absolute atomic E-state index is 0.108. The highest BCUT2D eigenvalue weighted by Gasteiger charge is 2.28. The van der Waals surface area contributed by atoms with E-state index < -0.39 is 0 Å². The number of hydrogen-bond acceptors (Lipinski definition) is 4. The third kappa shape index (κ3) is 3.03. The van der Waals surface area contributed by atoms with Gasteiger partial charge in [0.15, 0.2) is 0 Å². The minimum Gasteiger partial charge on any atom is -0.379 e. The summed E-state index contributed by atoms with van der Waals surface area (Å²) in [6.07, 6.45) is 2.68. The number of anilines is 1. The number of fused-ring (bicyclic) bond motifs is 1. The van der Waals surface area contributed by atoms with E-state index in [4.69, 9.17) is 4.74 Å². The number of benzene rings is 1. The molecule has 2 aliphatic rings. The standard InChI is InChI=1S/C17H22N4O2/c22-16(18-13-7-10-23-11-13)12-5-8-21(9-6-12)17-19-14-3-1-2-4-15(14)20-17/h1-4,12-13H,5-11H2,(H,18,22)(H,19,20). The highest BCUT2D eigenvalue weighted by molar-refractivity contribution is 5.80. The number of imidazole rings is 1. The molecule has 1 amide bonds. The monoisotopic (exact) mass is 314 g/mol. The Hall–Kier alpha value is -2.08. The zero-order chi connectivity index (χ0) is 15.6. The van der Waals surface area contributed by atoms with Crippen molar-refractivity contribution >= 4 is 22.9 Å². The third-order valence-corrected chi connectivity index (χ3v) is 4.82. The summed E-state index contributed by atoms with van der Waals surface area (Å²) in [6.45, 7) is 3.14. The molecule has 6 nitrogen and oxygen atoms in total. The van der Waals surface area contributed by atoms with Gasteiger partial charge in [0, 0.05) is 25.6 Å². The lowest BCUT2D eigenvalue weighted by molar-refractivity contribution is -0.126. The average Bonchev–Trinajstić information content (AvgIpc) is 3.24. The van der Waals surface area contributed by atoms with Crippen LogP contribution in [0.5, 0.6) is 0 Å². The van der Waals surface area contributed by atoms with Crippen LogP contribution in [0.2, 0.25) is 0 Å². The summed E-state index contributed by atoms with van der Waals surface area (Å²) >= 11 is 0. The van der Waals surface area contributed by atoms with Crippen LogP contribution in [0, 0.1) is 5.92 Å². The van der Waals surface area contributed by atoms with Crippen molar-refractivity contribution in [3.8, 4) is 0 Å². The highest BCUT2D eigenvalue weighted by atomic mass is 16.5. The molecule has 23 heavy (non-hydrogen) atoms.